The molecule has 0 fully saturated rings. The minimum absolute atomic E-state index is 0.0547. The third kappa shape index (κ3) is 14.2. The maximum absolute atomic E-state index is 12.8. The molecule has 0 aromatic heterocycles. The number of guanidine groups is 1. The average Bonchev–Trinajstić information content (AvgIpc) is 2.80. The summed E-state index contributed by atoms with van der Waals surface area (Å²) >= 11 is 0. The molecular formula is C24H43N7O2. The van der Waals surface area contributed by atoms with Crippen molar-refractivity contribution in [3.8, 4) is 0 Å². The first kappa shape index (κ1) is 28.4. The lowest BCUT2D eigenvalue weighted by Gasteiger charge is -2.21. The molecule has 9 N–H and O–H groups in total. The summed E-state index contributed by atoms with van der Waals surface area (Å²) in [6.07, 6.45) is 6.78. The van der Waals surface area contributed by atoms with E-state index in [1.165, 1.54) is 19.3 Å². The van der Waals surface area contributed by atoms with E-state index in [4.69, 9.17) is 17.2 Å². The van der Waals surface area contributed by atoms with Crippen LogP contribution >= 0.6 is 0 Å². The second-order valence-electron chi connectivity index (χ2n) is 8.26. The van der Waals surface area contributed by atoms with Crippen molar-refractivity contribution in [2.24, 2.45) is 22.2 Å². The molecule has 0 heterocycles. The zero-order chi connectivity index (χ0) is 24.3. The number of benzene rings is 1. The second kappa shape index (κ2) is 17.9. The van der Waals surface area contributed by atoms with Crippen LogP contribution in [0.4, 0.5) is 0 Å². The Hall–Kier alpha value is -2.65. The Morgan fingerprint density at radius 3 is 2.36 bits per heavy atom. The highest BCUT2D eigenvalue weighted by atomic mass is 16.2. The van der Waals surface area contributed by atoms with Gasteiger partial charge >= 0.3 is 0 Å². The van der Waals surface area contributed by atoms with Crippen LogP contribution in [0.1, 0.15) is 57.4 Å². The van der Waals surface area contributed by atoms with Crippen molar-refractivity contribution in [3.63, 3.8) is 0 Å². The summed E-state index contributed by atoms with van der Waals surface area (Å²) in [5, 5.41) is 9.17. The predicted octanol–water partition coefficient (Wildman–Crippen LogP) is 0.771. The smallest absolute Gasteiger partial charge is 0.242 e. The normalized spacial score (nSPS) is 12.5. The van der Waals surface area contributed by atoms with Gasteiger partial charge in [-0.1, -0.05) is 50.1 Å². The molecule has 1 aromatic carbocycles. The Morgan fingerprint density at radius 2 is 1.67 bits per heavy atom. The molecule has 2 amide bonds. The Kier molecular flexibility index (Phi) is 15.4. The SMILES string of the molecule is CCCCCNCCCNC(=O)C(Cc1ccccc1)NC(=O)C(N)CCCCN=C(N)N. The van der Waals surface area contributed by atoms with Gasteiger partial charge in [0.05, 0.1) is 6.04 Å². The van der Waals surface area contributed by atoms with Crippen LogP contribution in [-0.4, -0.2) is 56.0 Å². The third-order valence-corrected chi connectivity index (χ3v) is 5.26. The van der Waals surface area contributed by atoms with Crippen molar-refractivity contribution >= 4 is 17.8 Å². The van der Waals surface area contributed by atoms with Crippen LogP contribution in [-0.2, 0) is 16.0 Å². The number of carbonyl (C=O) groups is 2. The van der Waals surface area contributed by atoms with Crippen LogP contribution in [0.3, 0.4) is 0 Å². The van der Waals surface area contributed by atoms with E-state index in [1.807, 2.05) is 30.3 Å². The van der Waals surface area contributed by atoms with Gasteiger partial charge in [-0.25, -0.2) is 0 Å². The Morgan fingerprint density at radius 1 is 0.939 bits per heavy atom. The highest BCUT2D eigenvalue weighted by molar-refractivity contribution is 5.89. The first-order valence-corrected chi connectivity index (χ1v) is 12.1. The first-order chi connectivity index (χ1) is 15.9. The summed E-state index contributed by atoms with van der Waals surface area (Å²) in [5.74, 6) is -0.470. The predicted molar refractivity (Wildman–Crippen MR) is 135 cm³/mol. The van der Waals surface area contributed by atoms with Gasteiger partial charge < -0.3 is 33.2 Å². The van der Waals surface area contributed by atoms with Crippen molar-refractivity contribution in [2.75, 3.05) is 26.2 Å². The molecule has 0 bridgehead atoms. The molecule has 0 aliphatic heterocycles. The van der Waals surface area contributed by atoms with Crippen LogP contribution in [0.25, 0.3) is 0 Å². The van der Waals surface area contributed by atoms with Gasteiger partial charge in [-0.15, -0.1) is 0 Å². The van der Waals surface area contributed by atoms with E-state index < -0.39 is 12.1 Å². The first-order valence-electron chi connectivity index (χ1n) is 12.1. The molecule has 0 spiro atoms. The van der Waals surface area contributed by atoms with Gasteiger partial charge in [0.1, 0.15) is 6.04 Å². The van der Waals surface area contributed by atoms with Crippen LogP contribution in [0.5, 0.6) is 0 Å². The van der Waals surface area contributed by atoms with E-state index in [0.29, 0.717) is 32.4 Å². The molecule has 33 heavy (non-hydrogen) atoms. The van der Waals surface area contributed by atoms with Gasteiger partial charge in [0.25, 0.3) is 0 Å². The maximum atomic E-state index is 12.8. The highest BCUT2D eigenvalue weighted by Crippen LogP contribution is 2.05. The van der Waals surface area contributed by atoms with Gasteiger partial charge in [-0.2, -0.15) is 0 Å². The van der Waals surface area contributed by atoms with Gasteiger partial charge in [-0.05, 0) is 50.8 Å². The van der Waals surface area contributed by atoms with Gasteiger partial charge in [-0.3, -0.25) is 14.6 Å². The Bertz CT molecular complexity index is 693. The average molecular weight is 462 g/mol. The number of hydrogen-bond donors (Lipinski definition) is 6. The lowest BCUT2D eigenvalue weighted by molar-refractivity contribution is -0.129. The number of aliphatic imine (C=N–C) groups is 1. The molecule has 2 unspecified atom stereocenters. The van der Waals surface area contributed by atoms with E-state index in [2.05, 4.69) is 27.9 Å². The molecule has 0 aliphatic rings. The van der Waals surface area contributed by atoms with Crippen molar-refractivity contribution in [3.05, 3.63) is 35.9 Å². The van der Waals surface area contributed by atoms with Crippen LogP contribution in [0.2, 0.25) is 0 Å². The fourth-order valence-corrected chi connectivity index (χ4v) is 3.33. The van der Waals surface area contributed by atoms with Crippen molar-refractivity contribution < 1.29 is 9.59 Å². The van der Waals surface area contributed by atoms with E-state index in [-0.39, 0.29) is 17.8 Å². The monoisotopic (exact) mass is 461 g/mol. The largest absolute Gasteiger partial charge is 0.370 e. The van der Waals surface area contributed by atoms with Crippen molar-refractivity contribution in [1.29, 1.82) is 0 Å². The molecule has 0 saturated carbocycles. The minimum atomic E-state index is -0.692. The number of nitrogens with one attached hydrogen (secondary N) is 3. The number of nitrogens with zero attached hydrogens (tertiary/aromatic N) is 1. The number of nitrogens with two attached hydrogens (primary N) is 3. The lowest BCUT2D eigenvalue weighted by atomic mass is 10.0. The molecule has 0 radical (unpaired) electrons. The van der Waals surface area contributed by atoms with Crippen LogP contribution in [0, 0.1) is 0 Å². The zero-order valence-electron chi connectivity index (χ0n) is 20.0. The summed E-state index contributed by atoms with van der Waals surface area (Å²) in [6, 6.07) is 8.26. The summed E-state index contributed by atoms with van der Waals surface area (Å²) in [6.45, 7) is 5.09. The summed E-state index contributed by atoms with van der Waals surface area (Å²) in [7, 11) is 0. The third-order valence-electron chi connectivity index (χ3n) is 5.26. The summed E-state index contributed by atoms with van der Waals surface area (Å²) < 4.78 is 0. The molecular weight excluding hydrogens is 418 g/mol. The van der Waals surface area contributed by atoms with Crippen LogP contribution < -0.4 is 33.2 Å². The molecule has 0 saturated heterocycles. The highest BCUT2D eigenvalue weighted by Gasteiger charge is 2.23. The van der Waals surface area contributed by atoms with Gasteiger partial charge in [0, 0.05) is 19.5 Å². The number of unbranched alkanes of at least 4 members (excludes halogenated alkanes) is 3. The van der Waals surface area contributed by atoms with Crippen molar-refractivity contribution in [2.45, 2.75) is 70.4 Å². The fourth-order valence-electron chi connectivity index (χ4n) is 3.33. The van der Waals surface area contributed by atoms with Gasteiger partial charge in [0.15, 0.2) is 5.96 Å². The van der Waals surface area contributed by atoms with E-state index in [9.17, 15) is 9.59 Å². The van der Waals surface area contributed by atoms with Crippen molar-refractivity contribution in [1.82, 2.24) is 16.0 Å². The minimum Gasteiger partial charge on any atom is -0.370 e. The summed E-state index contributed by atoms with van der Waals surface area (Å²) in [5.41, 5.74) is 17.6. The second-order valence-corrected chi connectivity index (χ2v) is 8.26. The number of carbonyl (C=O) groups excluding carboxylic acids is 2. The summed E-state index contributed by atoms with van der Waals surface area (Å²) in [4.78, 5) is 29.4. The molecule has 9 nitrogen and oxygen atoms in total. The number of hydrogen-bond acceptors (Lipinski definition) is 5. The molecule has 2 atom stereocenters. The Balaban J connectivity index is 2.49. The maximum Gasteiger partial charge on any atom is 0.242 e. The molecule has 9 heteroatoms. The number of amides is 2. The molecule has 1 aromatic rings. The zero-order valence-corrected chi connectivity index (χ0v) is 20.0. The fraction of sp³-hybridized carbons (Fsp3) is 0.625. The Labute approximate surface area is 198 Å². The topological polar surface area (TPSA) is 161 Å². The lowest BCUT2D eigenvalue weighted by Crippen LogP contribution is -2.52. The van der Waals surface area contributed by atoms with E-state index >= 15 is 0 Å². The molecule has 1 rings (SSSR count). The quantitative estimate of drug-likeness (QED) is 0.108. The van der Waals surface area contributed by atoms with Gasteiger partial charge in [0.2, 0.25) is 11.8 Å². The van der Waals surface area contributed by atoms with Crippen LogP contribution in [0.15, 0.2) is 35.3 Å². The molecule has 0 aliphatic carbocycles. The number of rotatable bonds is 18. The molecule has 186 valence electrons. The van der Waals surface area contributed by atoms with E-state index in [0.717, 1.165) is 31.5 Å². The van der Waals surface area contributed by atoms with E-state index in [1.54, 1.807) is 0 Å². The standard InChI is InChI=1S/C24H43N7O2/c1-2-3-8-14-28-15-10-17-29-23(33)21(18-19-11-5-4-6-12-19)31-22(32)20(25)13-7-9-16-30-24(26)27/h4-6,11-12,20-21,28H,2-3,7-10,13-18,25H2,1H3,(H,29,33)(H,31,32)(H4,26,27,30).